The van der Waals surface area contributed by atoms with Crippen molar-refractivity contribution in [2.24, 2.45) is 0 Å². The highest BCUT2D eigenvalue weighted by Gasteiger charge is 2.12. The van der Waals surface area contributed by atoms with Crippen LogP contribution in [0.15, 0.2) is 42.5 Å². The zero-order chi connectivity index (χ0) is 14.5. The lowest BCUT2D eigenvalue weighted by molar-refractivity contribution is 0.0984. The van der Waals surface area contributed by atoms with Crippen LogP contribution in [-0.2, 0) is 6.61 Å². The molecule has 104 valence electrons. The molecule has 0 aliphatic carbocycles. The second-order valence-corrected chi connectivity index (χ2v) is 4.82. The number of hydrogen-bond acceptors (Lipinski definition) is 3. The number of rotatable bonds is 5. The van der Waals surface area contributed by atoms with Gasteiger partial charge in [-0.2, -0.15) is 0 Å². The third kappa shape index (κ3) is 3.31. The number of Topliss-reactive ketones (excluding diaryl/α,β-unsaturated/α-hetero) is 1. The molecule has 2 aromatic carbocycles. The number of halogens is 1. The van der Waals surface area contributed by atoms with Crippen LogP contribution < -0.4 is 10.5 Å². The van der Waals surface area contributed by atoms with Crippen molar-refractivity contribution in [3.63, 3.8) is 0 Å². The summed E-state index contributed by atoms with van der Waals surface area (Å²) >= 11 is 6.08. The van der Waals surface area contributed by atoms with Gasteiger partial charge in [-0.15, -0.1) is 0 Å². The Bertz CT molecular complexity index is 626. The van der Waals surface area contributed by atoms with Crippen LogP contribution in [0.2, 0.25) is 5.02 Å². The van der Waals surface area contributed by atoms with Gasteiger partial charge in [0.05, 0.1) is 5.56 Å². The minimum absolute atomic E-state index is 0.00598. The van der Waals surface area contributed by atoms with Crippen LogP contribution in [0.5, 0.6) is 5.75 Å². The molecule has 0 heterocycles. The summed E-state index contributed by atoms with van der Waals surface area (Å²) < 4.78 is 5.72. The first-order chi connectivity index (χ1) is 9.61. The number of anilines is 1. The van der Waals surface area contributed by atoms with Gasteiger partial charge in [0.25, 0.3) is 0 Å². The second-order valence-electron chi connectivity index (χ2n) is 4.41. The van der Waals surface area contributed by atoms with Gasteiger partial charge >= 0.3 is 0 Å². The van der Waals surface area contributed by atoms with Crippen molar-refractivity contribution in [1.82, 2.24) is 0 Å². The van der Waals surface area contributed by atoms with Gasteiger partial charge in [0.15, 0.2) is 5.78 Å². The van der Waals surface area contributed by atoms with Crippen molar-refractivity contribution in [3.05, 3.63) is 58.6 Å². The fraction of sp³-hybridized carbons (Fsp3) is 0.188. The van der Waals surface area contributed by atoms with Crippen molar-refractivity contribution in [2.75, 3.05) is 5.73 Å². The lowest BCUT2D eigenvalue weighted by atomic mass is 10.1. The number of benzene rings is 2. The average molecular weight is 290 g/mol. The maximum Gasteiger partial charge on any atom is 0.166 e. The maximum atomic E-state index is 11.9. The Morgan fingerprint density at radius 1 is 1.25 bits per heavy atom. The number of ether oxygens (including phenoxy) is 1. The van der Waals surface area contributed by atoms with Gasteiger partial charge in [0.1, 0.15) is 12.4 Å². The molecule has 2 N–H and O–H groups in total. The van der Waals surface area contributed by atoms with Crippen LogP contribution in [0, 0.1) is 0 Å². The molecule has 2 aromatic rings. The monoisotopic (exact) mass is 289 g/mol. The molecule has 0 aliphatic rings. The molecular weight excluding hydrogens is 274 g/mol. The first-order valence-corrected chi connectivity index (χ1v) is 6.78. The molecule has 0 saturated carbocycles. The summed E-state index contributed by atoms with van der Waals surface area (Å²) in [7, 11) is 0. The Kier molecular flexibility index (Phi) is 4.64. The van der Waals surface area contributed by atoms with Gasteiger partial charge in [-0.25, -0.2) is 0 Å². The van der Waals surface area contributed by atoms with E-state index in [4.69, 9.17) is 22.1 Å². The van der Waals surface area contributed by atoms with Crippen molar-refractivity contribution in [2.45, 2.75) is 20.0 Å². The molecule has 0 aromatic heterocycles. The molecular formula is C16H16ClNO2. The molecule has 0 unspecified atom stereocenters. The standard InChI is InChI=1S/C16H16ClNO2/c1-2-15(19)13-9-12(18)7-8-16(13)20-10-11-5-3-4-6-14(11)17/h3-9H,2,10,18H2,1H3. The summed E-state index contributed by atoms with van der Waals surface area (Å²) in [5.41, 5.74) is 7.66. The number of hydrogen-bond donors (Lipinski definition) is 1. The van der Waals surface area contributed by atoms with Crippen LogP contribution in [0.1, 0.15) is 29.3 Å². The highest BCUT2D eigenvalue weighted by Crippen LogP contribution is 2.25. The quantitative estimate of drug-likeness (QED) is 0.666. The third-order valence-electron chi connectivity index (χ3n) is 2.97. The predicted molar refractivity (Wildman–Crippen MR) is 81.3 cm³/mol. The number of ketones is 1. The van der Waals surface area contributed by atoms with E-state index in [1.54, 1.807) is 24.3 Å². The molecule has 0 atom stereocenters. The van der Waals surface area contributed by atoms with Gasteiger partial charge in [-0.3, -0.25) is 4.79 Å². The van der Waals surface area contributed by atoms with Crippen LogP contribution in [-0.4, -0.2) is 5.78 Å². The molecule has 0 aliphatic heterocycles. The minimum atomic E-state index is 0.00598. The summed E-state index contributed by atoms with van der Waals surface area (Å²) in [6.07, 6.45) is 0.409. The van der Waals surface area contributed by atoms with E-state index in [0.29, 0.717) is 35.1 Å². The average Bonchev–Trinajstić information content (AvgIpc) is 2.46. The molecule has 0 fully saturated rings. The molecule has 0 amide bonds. The lowest BCUT2D eigenvalue weighted by Crippen LogP contribution is -2.04. The number of carbonyl (C=O) groups is 1. The molecule has 0 spiro atoms. The van der Waals surface area contributed by atoms with Crippen LogP contribution in [0.3, 0.4) is 0 Å². The topological polar surface area (TPSA) is 52.3 Å². The first kappa shape index (κ1) is 14.4. The molecule has 3 nitrogen and oxygen atoms in total. The zero-order valence-corrected chi connectivity index (χ0v) is 12.0. The van der Waals surface area contributed by atoms with E-state index in [1.807, 2.05) is 25.1 Å². The minimum Gasteiger partial charge on any atom is -0.488 e. The van der Waals surface area contributed by atoms with Crippen LogP contribution in [0.25, 0.3) is 0 Å². The van der Waals surface area contributed by atoms with E-state index in [2.05, 4.69) is 0 Å². The molecule has 20 heavy (non-hydrogen) atoms. The number of carbonyl (C=O) groups excluding carboxylic acids is 1. The SMILES string of the molecule is CCC(=O)c1cc(N)ccc1OCc1ccccc1Cl. The van der Waals surface area contributed by atoms with Gasteiger partial charge in [-0.1, -0.05) is 36.7 Å². The first-order valence-electron chi connectivity index (χ1n) is 6.40. The summed E-state index contributed by atoms with van der Waals surface area (Å²) in [5, 5.41) is 0.645. The van der Waals surface area contributed by atoms with Crippen molar-refractivity contribution in [1.29, 1.82) is 0 Å². The van der Waals surface area contributed by atoms with E-state index in [9.17, 15) is 4.79 Å². The fourth-order valence-electron chi connectivity index (χ4n) is 1.85. The molecule has 0 saturated heterocycles. The normalized spacial score (nSPS) is 10.3. The summed E-state index contributed by atoms with van der Waals surface area (Å²) in [5.74, 6) is 0.539. The van der Waals surface area contributed by atoms with Gasteiger partial charge in [0.2, 0.25) is 0 Å². The van der Waals surface area contributed by atoms with E-state index in [-0.39, 0.29) is 5.78 Å². The number of nitrogen functional groups attached to an aromatic ring is 1. The predicted octanol–water partition coefficient (Wildman–Crippen LogP) is 4.09. The van der Waals surface area contributed by atoms with Crippen LogP contribution >= 0.6 is 11.6 Å². The zero-order valence-electron chi connectivity index (χ0n) is 11.2. The smallest absolute Gasteiger partial charge is 0.166 e. The van der Waals surface area contributed by atoms with Crippen molar-refractivity contribution >= 4 is 23.1 Å². The number of nitrogens with two attached hydrogens (primary N) is 1. The van der Waals surface area contributed by atoms with E-state index in [0.717, 1.165) is 5.56 Å². The Balaban J connectivity index is 2.21. The Morgan fingerprint density at radius 2 is 2.00 bits per heavy atom. The highest BCUT2D eigenvalue weighted by molar-refractivity contribution is 6.31. The highest BCUT2D eigenvalue weighted by atomic mass is 35.5. The van der Waals surface area contributed by atoms with Crippen molar-refractivity contribution in [3.8, 4) is 5.75 Å². The molecule has 0 bridgehead atoms. The Morgan fingerprint density at radius 3 is 2.70 bits per heavy atom. The maximum absolute atomic E-state index is 11.9. The van der Waals surface area contributed by atoms with E-state index < -0.39 is 0 Å². The van der Waals surface area contributed by atoms with Crippen molar-refractivity contribution < 1.29 is 9.53 Å². The summed E-state index contributed by atoms with van der Waals surface area (Å²) in [4.78, 5) is 11.9. The van der Waals surface area contributed by atoms with Gasteiger partial charge in [-0.05, 0) is 24.3 Å². The summed E-state index contributed by atoms with van der Waals surface area (Å²) in [6, 6.07) is 12.5. The molecule has 2 rings (SSSR count). The molecule has 4 heteroatoms. The summed E-state index contributed by atoms with van der Waals surface area (Å²) in [6.45, 7) is 2.12. The largest absolute Gasteiger partial charge is 0.488 e. The third-order valence-corrected chi connectivity index (χ3v) is 3.33. The van der Waals surface area contributed by atoms with Gasteiger partial charge in [0, 0.05) is 22.7 Å². The lowest BCUT2D eigenvalue weighted by Gasteiger charge is -2.12. The van der Waals surface area contributed by atoms with E-state index in [1.165, 1.54) is 0 Å². The fourth-order valence-corrected chi connectivity index (χ4v) is 2.04. The molecule has 0 radical (unpaired) electrons. The van der Waals surface area contributed by atoms with E-state index >= 15 is 0 Å². The Labute approximate surface area is 123 Å². The second kappa shape index (κ2) is 6.44. The van der Waals surface area contributed by atoms with Crippen LogP contribution in [0.4, 0.5) is 5.69 Å². The Hall–Kier alpha value is -2.00. The van der Waals surface area contributed by atoms with Gasteiger partial charge < -0.3 is 10.5 Å².